The van der Waals surface area contributed by atoms with Crippen LogP contribution in [0.2, 0.25) is 0 Å². The third-order valence-electron chi connectivity index (χ3n) is 8.13. The van der Waals surface area contributed by atoms with Crippen LogP contribution in [0, 0.1) is 33.5 Å². The molecular weight excluding hydrogens is 282 g/mol. The van der Waals surface area contributed by atoms with Crippen molar-refractivity contribution in [1.29, 1.82) is 0 Å². The molecule has 0 N–H and O–H groups in total. The summed E-state index contributed by atoms with van der Waals surface area (Å²) in [5, 5.41) is 0. The highest BCUT2D eigenvalue weighted by molar-refractivity contribution is 5.20. The van der Waals surface area contributed by atoms with Gasteiger partial charge >= 0.3 is 0 Å². The molecular formula is C19H30F2O. The van der Waals surface area contributed by atoms with Gasteiger partial charge in [-0.2, -0.15) is 0 Å². The van der Waals surface area contributed by atoms with Crippen LogP contribution in [0.5, 0.6) is 0 Å². The summed E-state index contributed by atoms with van der Waals surface area (Å²) in [5.41, 5.74) is 0.847. The third-order valence-corrected chi connectivity index (χ3v) is 8.13. The lowest BCUT2D eigenvalue weighted by atomic mass is 9.32. The van der Waals surface area contributed by atoms with Crippen LogP contribution in [-0.2, 0) is 4.74 Å². The van der Waals surface area contributed by atoms with E-state index in [4.69, 9.17) is 4.74 Å². The fraction of sp³-hybridized carbons (Fsp3) is 1.00. The summed E-state index contributed by atoms with van der Waals surface area (Å²) in [6, 6.07) is 0. The van der Waals surface area contributed by atoms with Gasteiger partial charge in [0, 0.05) is 12.0 Å². The molecule has 0 radical (unpaired) electrons. The Morgan fingerprint density at radius 2 is 1.45 bits per heavy atom. The van der Waals surface area contributed by atoms with E-state index in [1.54, 1.807) is 0 Å². The van der Waals surface area contributed by atoms with Gasteiger partial charge in [0.2, 0.25) is 6.43 Å². The first-order chi connectivity index (χ1) is 10.3. The Morgan fingerprint density at radius 3 is 1.95 bits per heavy atom. The predicted octanol–water partition coefficient (Wildman–Crippen LogP) is 5.29. The number of rotatable bonds is 8. The molecule has 4 bridgehead atoms. The minimum Gasteiger partial charge on any atom is -0.381 e. The highest BCUT2D eigenvalue weighted by Crippen LogP contribution is 2.78. The first-order valence-corrected chi connectivity index (χ1v) is 9.12. The molecule has 0 amide bonds. The van der Waals surface area contributed by atoms with Gasteiger partial charge in [0.25, 0.3) is 0 Å². The highest BCUT2D eigenvalue weighted by Gasteiger charge is 2.73. The van der Waals surface area contributed by atoms with Gasteiger partial charge in [-0.25, -0.2) is 8.78 Å². The summed E-state index contributed by atoms with van der Waals surface area (Å²) in [5.74, 6) is 1.36. The van der Waals surface area contributed by atoms with Crippen LogP contribution in [-0.4, -0.2) is 19.6 Å². The summed E-state index contributed by atoms with van der Waals surface area (Å²) in [4.78, 5) is 0. The fourth-order valence-electron chi connectivity index (χ4n) is 6.41. The molecule has 1 nitrogen and oxygen atoms in total. The Hall–Kier alpha value is -0.180. The Morgan fingerprint density at radius 1 is 0.864 bits per heavy atom. The highest BCUT2D eigenvalue weighted by atomic mass is 19.3. The summed E-state index contributed by atoms with van der Waals surface area (Å²) in [6.07, 6.45) is 5.34. The quantitative estimate of drug-likeness (QED) is 0.553. The van der Waals surface area contributed by atoms with E-state index in [2.05, 4.69) is 20.8 Å². The smallest absolute Gasteiger partial charge is 0.244 e. The van der Waals surface area contributed by atoms with Crippen molar-refractivity contribution in [2.75, 3.05) is 13.2 Å². The van der Waals surface area contributed by atoms with Crippen molar-refractivity contribution in [3.05, 3.63) is 0 Å². The number of hydrogen-bond donors (Lipinski definition) is 0. The van der Waals surface area contributed by atoms with Crippen molar-refractivity contribution >= 4 is 0 Å². The monoisotopic (exact) mass is 312 g/mol. The van der Waals surface area contributed by atoms with Gasteiger partial charge in [-0.3, -0.25) is 0 Å². The van der Waals surface area contributed by atoms with Gasteiger partial charge in [0.1, 0.15) is 0 Å². The summed E-state index contributed by atoms with van der Waals surface area (Å²) < 4.78 is 31.8. The second-order valence-corrected chi connectivity index (χ2v) is 9.85. The number of halogens is 2. The van der Waals surface area contributed by atoms with Crippen molar-refractivity contribution in [3.63, 3.8) is 0 Å². The molecule has 3 heteroatoms. The molecule has 1 atom stereocenters. The van der Waals surface area contributed by atoms with Gasteiger partial charge < -0.3 is 4.74 Å². The summed E-state index contributed by atoms with van der Waals surface area (Å²) >= 11 is 0. The van der Waals surface area contributed by atoms with Crippen LogP contribution >= 0.6 is 0 Å². The maximum Gasteiger partial charge on any atom is 0.244 e. The molecule has 0 heterocycles. The van der Waals surface area contributed by atoms with E-state index in [1.165, 1.54) is 19.3 Å². The van der Waals surface area contributed by atoms with Crippen LogP contribution in [0.25, 0.3) is 0 Å². The maximum atomic E-state index is 12.9. The SMILES string of the molecule is CC(C)C12CC(COCCC(C)C34CC(C(F)F)(C3)C4)(C1)C2. The molecule has 0 aromatic heterocycles. The second-order valence-electron chi connectivity index (χ2n) is 9.85. The molecule has 6 rings (SSSR count). The number of ether oxygens (including phenoxy) is 1. The summed E-state index contributed by atoms with van der Waals surface area (Å²) in [7, 11) is 0. The van der Waals surface area contributed by atoms with E-state index >= 15 is 0 Å². The lowest BCUT2D eigenvalue weighted by Crippen LogP contribution is -2.67. The van der Waals surface area contributed by atoms with Crippen LogP contribution < -0.4 is 0 Å². The minimum atomic E-state index is -2.10. The fourth-order valence-corrected chi connectivity index (χ4v) is 6.41. The van der Waals surface area contributed by atoms with Gasteiger partial charge in [-0.1, -0.05) is 20.8 Å². The van der Waals surface area contributed by atoms with E-state index in [-0.39, 0.29) is 5.41 Å². The summed E-state index contributed by atoms with van der Waals surface area (Å²) in [6.45, 7) is 8.69. The third kappa shape index (κ3) is 1.84. The van der Waals surface area contributed by atoms with E-state index < -0.39 is 11.8 Å². The lowest BCUT2D eigenvalue weighted by molar-refractivity contribution is -0.290. The van der Waals surface area contributed by atoms with E-state index in [0.29, 0.717) is 16.7 Å². The zero-order valence-corrected chi connectivity index (χ0v) is 14.3. The van der Waals surface area contributed by atoms with Crippen molar-refractivity contribution in [2.45, 2.75) is 72.1 Å². The molecule has 6 fully saturated rings. The van der Waals surface area contributed by atoms with Crippen molar-refractivity contribution in [3.8, 4) is 0 Å². The Bertz CT molecular complexity index is 431. The standard InChI is InChI=1S/C19H30F2O/c1-13(2)17-6-16(7-17,8-17)12-22-5-4-14(3)18-9-19(10-18,11-18)15(20)21/h13-15H,4-12H2,1-3H3. The largest absolute Gasteiger partial charge is 0.381 e. The molecule has 0 aromatic rings. The normalized spacial score (nSPS) is 49.2. The van der Waals surface area contributed by atoms with Gasteiger partial charge in [-0.05, 0) is 73.0 Å². The average Bonchev–Trinajstić information content (AvgIpc) is 2.19. The van der Waals surface area contributed by atoms with E-state index in [1.807, 2.05) is 0 Å². The molecule has 126 valence electrons. The van der Waals surface area contributed by atoms with E-state index in [9.17, 15) is 8.78 Å². The van der Waals surface area contributed by atoms with Crippen molar-refractivity contribution in [2.24, 2.45) is 33.5 Å². The zero-order chi connectivity index (χ0) is 15.8. The lowest BCUT2D eigenvalue weighted by Gasteiger charge is -2.73. The zero-order valence-electron chi connectivity index (χ0n) is 14.3. The second kappa shape index (κ2) is 4.46. The molecule has 0 spiro atoms. The first-order valence-electron chi connectivity index (χ1n) is 9.12. The van der Waals surface area contributed by atoms with Crippen molar-refractivity contribution in [1.82, 2.24) is 0 Å². The first kappa shape index (κ1) is 15.4. The maximum absolute atomic E-state index is 12.9. The molecule has 0 saturated heterocycles. The van der Waals surface area contributed by atoms with E-state index in [0.717, 1.165) is 44.8 Å². The molecule has 6 aliphatic carbocycles. The molecule has 22 heavy (non-hydrogen) atoms. The number of hydrogen-bond acceptors (Lipinski definition) is 1. The minimum absolute atomic E-state index is 0.248. The molecule has 0 aliphatic heterocycles. The van der Waals surface area contributed by atoms with Crippen LogP contribution in [0.4, 0.5) is 8.78 Å². The van der Waals surface area contributed by atoms with Crippen LogP contribution in [0.3, 0.4) is 0 Å². The Kier molecular flexibility index (Phi) is 3.11. The molecule has 0 aromatic carbocycles. The Balaban J connectivity index is 1.13. The predicted molar refractivity (Wildman–Crippen MR) is 82.9 cm³/mol. The van der Waals surface area contributed by atoms with Gasteiger partial charge in [0.15, 0.2) is 0 Å². The number of alkyl halides is 2. The molecule has 6 aliphatic rings. The Labute approximate surface area is 133 Å². The average molecular weight is 312 g/mol. The topological polar surface area (TPSA) is 9.23 Å². The van der Waals surface area contributed by atoms with Crippen molar-refractivity contribution < 1.29 is 13.5 Å². The van der Waals surface area contributed by atoms with Gasteiger partial charge in [0.05, 0.1) is 6.61 Å². The molecule has 6 saturated carbocycles. The van der Waals surface area contributed by atoms with Crippen LogP contribution in [0.1, 0.15) is 65.7 Å². The molecule has 1 unspecified atom stereocenters. The van der Waals surface area contributed by atoms with Crippen LogP contribution in [0.15, 0.2) is 0 Å². The van der Waals surface area contributed by atoms with Gasteiger partial charge in [-0.15, -0.1) is 0 Å².